The third-order valence-corrected chi connectivity index (χ3v) is 3.97. The quantitative estimate of drug-likeness (QED) is 0.853. The number of hydrogen-bond donors (Lipinski definition) is 2. The molecule has 1 unspecified atom stereocenters. The molecule has 3 N–H and O–H groups in total. The number of aliphatic hydroxyl groups excluding tert-OH is 1. The molecule has 0 spiro atoms. The number of halogens is 1. The van der Waals surface area contributed by atoms with Crippen molar-refractivity contribution in [1.29, 1.82) is 0 Å². The zero-order valence-corrected chi connectivity index (χ0v) is 12.7. The van der Waals surface area contributed by atoms with Crippen LogP contribution in [0.3, 0.4) is 0 Å². The lowest BCUT2D eigenvalue weighted by Crippen LogP contribution is -2.12. The van der Waals surface area contributed by atoms with Crippen LogP contribution in [0.4, 0.5) is 10.1 Å². The van der Waals surface area contributed by atoms with Crippen LogP contribution in [0.1, 0.15) is 43.1 Å². The van der Waals surface area contributed by atoms with E-state index in [2.05, 4.69) is 25.8 Å². The fourth-order valence-electron chi connectivity index (χ4n) is 1.86. The molecule has 1 heterocycles. The summed E-state index contributed by atoms with van der Waals surface area (Å²) in [7, 11) is 0. The summed E-state index contributed by atoms with van der Waals surface area (Å²) in [6.45, 7) is 6.27. The van der Waals surface area contributed by atoms with Gasteiger partial charge in [-0.2, -0.15) is 0 Å². The number of benzene rings is 1. The van der Waals surface area contributed by atoms with Crippen molar-refractivity contribution in [1.82, 2.24) is 4.98 Å². The summed E-state index contributed by atoms with van der Waals surface area (Å²) in [6, 6.07) is 4.03. The first kappa shape index (κ1) is 14.9. The van der Waals surface area contributed by atoms with Crippen molar-refractivity contribution >= 4 is 17.0 Å². The molecule has 0 radical (unpaired) electrons. The molecule has 1 aromatic carbocycles. The van der Waals surface area contributed by atoms with Gasteiger partial charge in [0.1, 0.15) is 5.82 Å². The van der Waals surface area contributed by atoms with E-state index in [1.165, 1.54) is 29.5 Å². The van der Waals surface area contributed by atoms with Gasteiger partial charge in [0.2, 0.25) is 0 Å². The molecular formula is C15H19FN2OS. The van der Waals surface area contributed by atoms with E-state index < -0.39 is 11.9 Å². The van der Waals surface area contributed by atoms with E-state index in [1.54, 1.807) is 0 Å². The second-order valence-corrected chi connectivity index (χ2v) is 6.81. The maximum Gasteiger partial charge on any atom is 0.123 e. The maximum atomic E-state index is 13.2. The van der Waals surface area contributed by atoms with Gasteiger partial charge in [0, 0.05) is 28.5 Å². The Labute approximate surface area is 122 Å². The number of aromatic nitrogens is 1. The Balaban J connectivity index is 2.17. The summed E-state index contributed by atoms with van der Waals surface area (Å²) in [5.74, 6) is -0.400. The van der Waals surface area contributed by atoms with Crippen molar-refractivity contribution in [2.24, 2.45) is 0 Å². The Morgan fingerprint density at radius 3 is 2.70 bits per heavy atom. The number of thiazole rings is 1. The summed E-state index contributed by atoms with van der Waals surface area (Å²) in [4.78, 5) is 4.52. The average molecular weight is 294 g/mol. The fourth-order valence-corrected chi connectivity index (χ4v) is 2.92. The summed E-state index contributed by atoms with van der Waals surface area (Å²) < 4.78 is 13.2. The topological polar surface area (TPSA) is 59.1 Å². The first-order valence-corrected chi connectivity index (χ1v) is 7.33. The minimum atomic E-state index is -0.843. The predicted octanol–water partition coefficient (Wildman–Crippen LogP) is 3.44. The summed E-state index contributed by atoms with van der Waals surface area (Å²) in [5.41, 5.74) is 7.56. The zero-order valence-electron chi connectivity index (χ0n) is 11.9. The van der Waals surface area contributed by atoms with E-state index in [0.29, 0.717) is 17.7 Å². The Bertz CT molecular complexity index is 604. The molecule has 0 aliphatic heterocycles. The van der Waals surface area contributed by atoms with Crippen LogP contribution in [0.5, 0.6) is 0 Å². The van der Waals surface area contributed by atoms with Crippen molar-refractivity contribution in [2.75, 3.05) is 5.73 Å². The highest BCUT2D eigenvalue weighted by Gasteiger charge is 2.19. The SMILES string of the molecule is CC(C)(C)c1csc(CC(O)c2cc(F)ccc2N)n1. The maximum absolute atomic E-state index is 13.2. The highest BCUT2D eigenvalue weighted by Crippen LogP contribution is 2.28. The summed E-state index contributed by atoms with van der Waals surface area (Å²) in [5, 5.41) is 13.0. The molecular weight excluding hydrogens is 275 g/mol. The molecule has 0 bridgehead atoms. The third kappa shape index (κ3) is 3.35. The van der Waals surface area contributed by atoms with Gasteiger partial charge in [0.05, 0.1) is 16.8 Å². The molecule has 0 saturated carbocycles. The second kappa shape index (κ2) is 5.50. The molecule has 5 heteroatoms. The zero-order chi connectivity index (χ0) is 14.9. The third-order valence-electron chi connectivity index (χ3n) is 3.10. The van der Waals surface area contributed by atoms with Crippen LogP contribution in [0.15, 0.2) is 23.6 Å². The van der Waals surface area contributed by atoms with E-state index in [0.717, 1.165) is 10.7 Å². The van der Waals surface area contributed by atoms with E-state index >= 15 is 0 Å². The molecule has 1 aromatic heterocycles. The van der Waals surface area contributed by atoms with Gasteiger partial charge in [-0.3, -0.25) is 0 Å². The average Bonchev–Trinajstić information content (AvgIpc) is 2.80. The Morgan fingerprint density at radius 2 is 2.10 bits per heavy atom. The van der Waals surface area contributed by atoms with Crippen LogP contribution in [0.25, 0.3) is 0 Å². The van der Waals surface area contributed by atoms with Crippen LogP contribution >= 0.6 is 11.3 Å². The number of aliphatic hydroxyl groups is 1. The molecule has 2 rings (SSSR count). The number of nitrogens with zero attached hydrogens (tertiary/aromatic N) is 1. The molecule has 20 heavy (non-hydrogen) atoms. The number of anilines is 1. The van der Waals surface area contributed by atoms with Gasteiger partial charge >= 0.3 is 0 Å². The fraction of sp³-hybridized carbons (Fsp3) is 0.400. The second-order valence-electron chi connectivity index (χ2n) is 5.87. The molecule has 0 aliphatic rings. The van der Waals surface area contributed by atoms with Gasteiger partial charge in [-0.25, -0.2) is 9.37 Å². The lowest BCUT2D eigenvalue weighted by molar-refractivity contribution is 0.178. The number of nitrogens with two attached hydrogens (primary N) is 1. The first-order chi connectivity index (χ1) is 9.27. The van der Waals surface area contributed by atoms with Gasteiger partial charge in [0.25, 0.3) is 0 Å². The minimum Gasteiger partial charge on any atom is -0.398 e. The van der Waals surface area contributed by atoms with Crippen molar-refractivity contribution in [2.45, 2.75) is 38.7 Å². The molecule has 0 saturated heterocycles. The highest BCUT2D eigenvalue weighted by atomic mass is 32.1. The van der Waals surface area contributed by atoms with Gasteiger partial charge in [-0.15, -0.1) is 11.3 Å². The monoisotopic (exact) mass is 294 g/mol. The first-order valence-electron chi connectivity index (χ1n) is 6.45. The van der Waals surface area contributed by atoms with Crippen molar-refractivity contribution in [3.05, 3.63) is 45.7 Å². The number of hydrogen-bond acceptors (Lipinski definition) is 4. The van der Waals surface area contributed by atoms with E-state index in [-0.39, 0.29) is 5.41 Å². The molecule has 0 amide bonds. The smallest absolute Gasteiger partial charge is 0.123 e. The van der Waals surface area contributed by atoms with Gasteiger partial charge in [0.15, 0.2) is 0 Å². The highest BCUT2D eigenvalue weighted by molar-refractivity contribution is 7.09. The summed E-state index contributed by atoms with van der Waals surface area (Å²) >= 11 is 1.50. The van der Waals surface area contributed by atoms with Gasteiger partial charge in [-0.05, 0) is 18.2 Å². The minimum absolute atomic E-state index is 0.0163. The van der Waals surface area contributed by atoms with E-state index in [1.807, 2.05) is 5.38 Å². The standard InChI is InChI=1S/C15H19FN2OS/c1-15(2,3)13-8-20-14(18-13)7-12(19)10-6-9(16)4-5-11(10)17/h4-6,8,12,19H,7,17H2,1-3H3. The van der Waals surface area contributed by atoms with Crippen molar-refractivity contribution < 1.29 is 9.50 Å². The van der Waals surface area contributed by atoms with Crippen molar-refractivity contribution in [3.63, 3.8) is 0 Å². The molecule has 0 aliphatic carbocycles. The number of rotatable bonds is 3. The van der Waals surface area contributed by atoms with Crippen LogP contribution < -0.4 is 5.73 Å². The predicted molar refractivity (Wildman–Crippen MR) is 80.3 cm³/mol. The number of nitrogen functional groups attached to an aromatic ring is 1. The Morgan fingerprint density at radius 1 is 1.40 bits per heavy atom. The normalized spacial score (nSPS) is 13.4. The molecule has 3 nitrogen and oxygen atoms in total. The Kier molecular flexibility index (Phi) is 4.11. The van der Waals surface area contributed by atoms with Crippen LogP contribution in [-0.2, 0) is 11.8 Å². The Hall–Kier alpha value is -1.46. The molecule has 108 valence electrons. The van der Waals surface area contributed by atoms with Gasteiger partial charge in [-0.1, -0.05) is 20.8 Å². The largest absolute Gasteiger partial charge is 0.398 e. The van der Waals surface area contributed by atoms with E-state index in [9.17, 15) is 9.50 Å². The molecule has 2 aromatic rings. The van der Waals surface area contributed by atoms with Crippen LogP contribution in [0.2, 0.25) is 0 Å². The van der Waals surface area contributed by atoms with Crippen LogP contribution in [0, 0.1) is 5.82 Å². The lowest BCUT2D eigenvalue weighted by Gasteiger charge is -2.15. The summed E-state index contributed by atoms with van der Waals surface area (Å²) in [6.07, 6.45) is -0.501. The van der Waals surface area contributed by atoms with Gasteiger partial charge < -0.3 is 10.8 Å². The van der Waals surface area contributed by atoms with E-state index in [4.69, 9.17) is 5.73 Å². The lowest BCUT2D eigenvalue weighted by atomic mass is 9.93. The molecule has 1 atom stereocenters. The molecule has 0 fully saturated rings. The van der Waals surface area contributed by atoms with Crippen molar-refractivity contribution in [3.8, 4) is 0 Å². The van der Waals surface area contributed by atoms with Crippen LogP contribution in [-0.4, -0.2) is 10.1 Å².